The molecule has 3 aromatic rings. The van der Waals surface area contributed by atoms with Crippen molar-refractivity contribution in [2.75, 3.05) is 7.11 Å². The average molecular weight is 319 g/mol. The summed E-state index contributed by atoms with van der Waals surface area (Å²) in [5.74, 6) is -0.538. The molecule has 4 heteroatoms. The van der Waals surface area contributed by atoms with E-state index >= 15 is 0 Å². The first-order chi connectivity index (χ1) is 11.6. The quantitative estimate of drug-likeness (QED) is 0.547. The van der Waals surface area contributed by atoms with Crippen molar-refractivity contribution in [1.29, 1.82) is 0 Å². The monoisotopic (exact) mass is 319 g/mol. The third kappa shape index (κ3) is 2.74. The average Bonchev–Trinajstić information content (AvgIpc) is 2.63. The lowest BCUT2D eigenvalue weighted by molar-refractivity contribution is -0.136. The van der Waals surface area contributed by atoms with Crippen molar-refractivity contribution >= 4 is 16.9 Å². The number of hydrogen-bond acceptors (Lipinski definition) is 3. The van der Waals surface area contributed by atoms with E-state index in [4.69, 9.17) is 4.74 Å². The Morgan fingerprint density at radius 2 is 1.67 bits per heavy atom. The maximum atomic E-state index is 12.6. The second-order valence-corrected chi connectivity index (χ2v) is 5.43. The highest BCUT2D eigenvalue weighted by molar-refractivity contribution is 5.90. The van der Waals surface area contributed by atoms with E-state index in [0.29, 0.717) is 0 Å². The summed E-state index contributed by atoms with van der Waals surface area (Å²) in [6.45, 7) is 3.89. The van der Waals surface area contributed by atoms with Crippen LogP contribution >= 0.6 is 0 Å². The summed E-state index contributed by atoms with van der Waals surface area (Å²) >= 11 is 0. The molecule has 0 amide bonds. The van der Waals surface area contributed by atoms with Crippen LogP contribution in [0.4, 0.5) is 0 Å². The molecular formula is C20H17NO3. The first kappa shape index (κ1) is 15.7. The van der Waals surface area contributed by atoms with Gasteiger partial charge in [-0.15, -0.1) is 0 Å². The van der Waals surface area contributed by atoms with Crippen LogP contribution in [0.15, 0.2) is 83.7 Å². The maximum absolute atomic E-state index is 12.6. The van der Waals surface area contributed by atoms with Gasteiger partial charge in [-0.3, -0.25) is 9.36 Å². The number of ether oxygens (including phenoxy) is 1. The Bertz CT molecular complexity index is 957. The van der Waals surface area contributed by atoms with E-state index in [2.05, 4.69) is 6.58 Å². The van der Waals surface area contributed by atoms with Crippen LogP contribution in [0.5, 0.6) is 0 Å². The first-order valence-electron chi connectivity index (χ1n) is 7.56. The van der Waals surface area contributed by atoms with Gasteiger partial charge in [0.05, 0.1) is 24.2 Å². The fraction of sp³-hybridized carbons (Fsp3) is 0.100. The number of rotatable bonds is 4. The lowest BCUT2D eigenvalue weighted by Crippen LogP contribution is -2.29. The van der Waals surface area contributed by atoms with Crippen LogP contribution in [0.3, 0.4) is 0 Å². The molecule has 0 radical (unpaired) electrons. The second-order valence-electron chi connectivity index (χ2n) is 5.43. The number of pyridine rings is 1. The number of carbonyl (C=O) groups excluding carboxylic acids is 1. The highest BCUT2D eigenvalue weighted by Gasteiger charge is 2.25. The Labute approximate surface area is 139 Å². The van der Waals surface area contributed by atoms with Crippen LogP contribution in [0.25, 0.3) is 10.9 Å². The Hall–Kier alpha value is -3.14. The summed E-state index contributed by atoms with van der Waals surface area (Å²) in [5.41, 5.74) is 1.55. The molecule has 0 saturated heterocycles. The van der Waals surface area contributed by atoms with Gasteiger partial charge in [-0.1, -0.05) is 55.1 Å². The second kappa shape index (κ2) is 6.54. The minimum absolute atomic E-state index is 0.201. The summed E-state index contributed by atoms with van der Waals surface area (Å²) in [7, 11) is 1.31. The molecule has 0 N–H and O–H groups in total. The van der Waals surface area contributed by atoms with E-state index in [1.54, 1.807) is 10.6 Å². The van der Waals surface area contributed by atoms with Gasteiger partial charge < -0.3 is 4.74 Å². The van der Waals surface area contributed by atoms with Crippen LogP contribution < -0.4 is 5.56 Å². The molecule has 0 aliphatic rings. The molecule has 120 valence electrons. The fourth-order valence-electron chi connectivity index (χ4n) is 2.86. The van der Waals surface area contributed by atoms with Crippen LogP contribution in [0, 0.1) is 0 Å². The van der Waals surface area contributed by atoms with Crippen LogP contribution in [0.2, 0.25) is 0 Å². The van der Waals surface area contributed by atoms with E-state index in [9.17, 15) is 9.59 Å². The van der Waals surface area contributed by atoms with E-state index in [0.717, 1.165) is 16.5 Å². The van der Waals surface area contributed by atoms with Gasteiger partial charge in [0.2, 0.25) is 0 Å². The van der Waals surface area contributed by atoms with Crippen molar-refractivity contribution in [2.45, 2.75) is 6.04 Å². The number of esters is 1. The summed E-state index contributed by atoms with van der Waals surface area (Å²) < 4.78 is 6.42. The topological polar surface area (TPSA) is 48.3 Å². The predicted molar refractivity (Wildman–Crippen MR) is 93.9 cm³/mol. The lowest BCUT2D eigenvalue weighted by Gasteiger charge is -2.23. The standard InChI is InChI=1S/C20H17NO3/c1-14(20(23)24-2)19(16-9-4-3-5-10-16)21-17-11-7-6-8-15(17)12-13-18(21)22/h3-13,19H,1H2,2H3. The van der Waals surface area contributed by atoms with Gasteiger partial charge in [-0.05, 0) is 23.1 Å². The van der Waals surface area contributed by atoms with Gasteiger partial charge in [-0.2, -0.15) is 0 Å². The third-order valence-corrected chi connectivity index (χ3v) is 3.99. The summed E-state index contributed by atoms with van der Waals surface area (Å²) in [6, 6.07) is 19.5. The molecule has 0 saturated carbocycles. The molecular weight excluding hydrogens is 302 g/mol. The van der Waals surface area contributed by atoms with Crippen LogP contribution in [-0.2, 0) is 9.53 Å². The van der Waals surface area contributed by atoms with E-state index in [1.165, 1.54) is 13.2 Å². The van der Waals surface area contributed by atoms with Crippen molar-refractivity contribution < 1.29 is 9.53 Å². The normalized spacial score (nSPS) is 11.9. The zero-order valence-electron chi connectivity index (χ0n) is 13.3. The summed E-state index contributed by atoms with van der Waals surface area (Å²) in [5, 5.41) is 0.913. The zero-order chi connectivity index (χ0) is 17.1. The van der Waals surface area contributed by atoms with E-state index in [-0.39, 0.29) is 11.1 Å². The van der Waals surface area contributed by atoms with Crippen LogP contribution in [-0.4, -0.2) is 17.6 Å². The van der Waals surface area contributed by atoms with Crippen molar-refractivity contribution in [1.82, 2.24) is 4.57 Å². The van der Waals surface area contributed by atoms with Gasteiger partial charge in [0.15, 0.2) is 0 Å². The number of methoxy groups -OCH3 is 1. The molecule has 4 nitrogen and oxygen atoms in total. The predicted octanol–water partition coefficient (Wildman–Crippen LogP) is 3.32. The maximum Gasteiger partial charge on any atom is 0.335 e. The number of carbonyl (C=O) groups is 1. The Kier molecular flexibility index (Phi) is 4.29. The molecule has 0 spiro atoms. The number of para-hydroxylation sites is 1. The van der Waals surface area contributed by atoms with Crippen molar-refractivity contribution in [3.8, 4) is 0 Å². The Morgan fingerprint density at radius 3 is 2.38 bits per heavy atom. The highest BCUT2D eigenvalue weighted by Crippen LogP contribution is 2.28. The number of aromatic nitrogens is 1. The summed E-state index contributed by atoms with van der Waals surface area (Å²) in [6.07, 6.45) is 0. The van der Waals surface area contributed by atoms with Gasteiger partial charge in [0.25, 0.3) is 5.56 Å². The molecule has 24 heavy (non-hydrogen) atoms. The number of hydrogen-bond donors (Lipinski definition) is 0. The number of fused-ring (bicyclic) bond motifs is 1. The van der Waals surface area contributed by atoms with Gasteiger partial charge >= 0.3 is 5.97 Å². The lowest BCUT2D eigenvalue weighted by atomic mass is 9.98. The molecule has 2 aromatic carbocycles. The SMILES string of the molecule is C=C(C(=O)OC)C(c1ccccc1)n1c(=O)ccc2ccccc21. The molecule has 1 atom stereocenters. The molecule has 1 aromatic heterocycles. The molecule has 0 aliphatic carbocycles. The van der Waals surface area contributed by atoms with E-state index < -0.39 is 12.0 Å². The van der Waals surface area contributed by atoms with Gasteiger partial charge in [-0.25, -0.2) is 4.79 Å². The molecule has 1 unspecified atom stereocenters. The fourth-order valence-corrected chi connectivity index (χ4v) is 2.86. The third-order valence-electron chi connectivity index (χ3n) is 3.99. The minimum Gasteiger partial charge on any atom is -0.466 e. The minimum atomic E-state index is -0.628. The molecule has 0 aliphatic heterocycles. The van der Waals surface area contributed by atoms with Gasteiger partial charge in [0.1, 0.15) is 0 Å². The number of nitrogens with zero attached hydrogens (tertiary/aromatic N) is 1. The first-order valence-corrected chi connectivity index (χ1v) is 7.56. The highest BCUT2D eigenvalue weighted by atomic mass is 16.5. The zero-order valence-corrected chi connectivity index (χ0v) is 13.3. The molecule has 1 heterocycles. The van der Waals surface area contributed by atoms with Crippen molar-refractivity contribution in [3.63, 3.8) is 0 Å². The molecule has 0 fully saturated rings. The van der Waals surface area contributed by atoms with Crippen LogP contribution in [0.1, 0.15) is 11.6 Å². The van der Waals surface area contributed by atoms with E-state index in [1.807, 2.05) is 54.6 Å². The smallest absolute Gasteiger partial charge is 0.335 e. The van der Waals surface area contributed by atoms with Crippen molar-refractivity contribution in [2.24, 2.45) is 0 Å². The molecule has 0 bridgehead atoms. The van der Waals surface area contributed by atoms with Crippen molar-refractivity contribution in [3.05, 3.63) is 94.8 Å². The summed E-state index contributed by atoms with van der Waals surface area (Å²) in [4.78, 5) is 24.7. The van der Waals surface area contributed by atoms with Gasteiger partial charge in [0, 0.05) is 6.07 Å². The largest absolute Gasteiger partial charge is 0.466 e. The Morgan fingerprint density at radius 1 is 1.00 bits per heavy atom. The molecule has 3 rings (SSSR count). The number of benzene rings is 2. The Balaban J connectivity index is 2.31.